The second-order valence-corrected chi connectivity index (χ2v) is 8.39. The van der Waals surface area contributed by atoms with Gasteiger partial charge in [0.2, 0.25) is 0 Å². The number of carbonyl (C=O) groups is 1. The molecule has 0 saturated heterocycles. The number of hydrogen-bond acceptors (Lipinski definition) is 5. The van der Waals surface area contributed by atoms with E-state index >= 15 is 0 Å². The van der Waals surface area contributed by atoms with Crippen LogP contribution in [-0.2, 0) is 23.6 Å². The second-order valence-electron chi connectivity index (χ2n) is 6.71. The van der Waals surface area contributed by atoms with E-state index < -0.39 is 15.9 Å². The normalized spacial score (nSPS) is 11.6. The number of fused-ring (bicyclic) bond motifs is 1. The Labute approximate surface area is 171 Å². The van der Waals surface area contributed by atoms with Crippen molar-refractivity contribution in [2.75, 3.05) is 4.72 Å². The lowest BCUT2D eigenvalue weighted by molar-refractivity contribution is 0.0992. The van der Waals surface area contributed by atoms with Crippen LogP contribution in [0.1, 0.15) is 16.1 Å². The monoisotopic (exact) mass is 426 g/mol. The Morgan fingerprint density at radius 2 is 1.97 bits per heavy atom. The maximum absolute atomic E-state index is 12.7. The molecule has 4 aromatic rings. The molecule has 0 aliphatic carbocycles. The van der Waals surface area contributed by atoms with E-state index in [1.807, 2.05) is 0 Å². The van der Waals surface area contributed by atoms with Gasteiger partial charge in [0, 0.05) is 25.1 Å². The third kappa shape index (κ3) is 3.57. The molecular weight excluding hydrogens is 408 g/mol. The highest BCUT2D eigenvalue weighted by Crippen LogP contribution is 2.19. The van der Waals surface area contributed by atoms with Gasteiger partial charge in [-0.3, -0.25) is 13.9 Å². The van der Waals surface area contributed by atoms with Gasteiger partial charge in [-0.05, 0) is 35.9 Å². The van der Waals surface area contributed by atoms with Crippen LogP contribution in [0.3, 0.4) is 0 Å². The molecule has 0 radical (unpaired) electrons. The molecule has 3 aromatic heterocycles. The Morgan fingerprint density at radius 1 is 1.17 bits per heavy atom. The van der Waals surface area contributed by atoms with Crippen molar-refractivity contribution in [1.82, 2.24) is 18.7 Å². The maximum Gasteiger partial charge on any atom is 0.350 e. The first-order chi connectivity index (χ1) is 14.2. The summed E-state index contributed by atoms with van der Waals surface area (Å²) in [7, 11) is -2.40. The second kappa shape index (κ2) is 7.19. The first-order valence-corrected chi connectivity index (χ1v) is 10.3. The summed E-state index contributed by atoms with van der Waals surface area (Å²) in [6.45, 7) is 0.174. The third-order valence-corrected chi connectivity index (χ3v) is 5.89. The van der Waals surface area contributed by atoms with Crippen LogP contribution in [0.4, 0.5) is 5.69 Å². The van der Waals surface area contributed by atoms with Crippen molar-refractivity contribution in [3.63, 3.8) is 0 Å². The van der Waals surface area contributed by atoms with E-state index in [4.69, 9.17) is 5.73 Å². The van der Waals surface area contributed by atoms with Crippen molar-refractivity contribution in [2.24, 2.45) is 12.8 Å². The standard InChI is InChI=1S/C19H18N6O4S/c1-23-12-15(10-16(23)18(20)26)30(28,29)22-14-6-4-5-13(9-14)11-25-19(27)24-8-3-2-7-17(24)21-25/h2-10,12,22H,11H2,1H3,(H2,20,26). The van der Waals surface area contributed by atoms with Gasteiger partial charge in [0.25, 0.3) is 15.9 Å². The lowest BCUT2D eigenvalue weighted by Gasteiger charge is -2.08. The molecule has 0 fully saturated rings. The smallest absolute Gasteiger partial charge is 0.350 e. The van der Waals surface area contributed by atoms with Crippen molar-refractivity contribution < 1.29 is 13.2 Å². The topological polar surface area (TPSA) is 133 Å². The van der Waals surface area contributed by atoms with Gasteiger partial charge in [-0.2, -0.15) is 0 Å². The average molecular weight is 426 g/mol. The molecular formula is C19H18N6O4S. The van der Waals surface area contributed by atoms with Crippen molar-refractivity contribution in [3.8, 4) is 0 Å². The first-order valence-electron chi connectivity index (χ1n) is 8.87. The number of aromatic nitrogens is 4. The quantitative estimate of drug-likeness (QED) is 0.470. The fraction of sp³-hybridized carbons (Fsp3) is 0.105. The third-order valence-electron chi connectivity index (χ3n) is 4.54. The highest BCUT2D eigenvalue weighted by Gasteiger charge is 2.20. The molecule has 10 nitrogen and oxygen atoms in total. The van der Waals surface area contributed by atoms with Crippen molar-refractivity contribution in [1.29, 1.82) is 0 Å². The Balaban J connectivity index is 1.60. The molecule has 0 spiro atoms. The fourth-order valence-corrected chi connectivity index (χ4v) is 4.24. The summed E-state index contributed by atoms with van der Waals surface area (Å²) in [5.74, 6) is -0.723. The SMILES string of the molecule is Cn1cc(S(=O)(=O)Nc2cccc(Cn3nc4ccccn4c3=O)c2)cc1C(N)=O. The summed E-state index contributed by atoms with van der Waals surface area (Å²) >= 11 is 0. The number of carbonyl (C=O) groups excluding carboxylic acids is 1. The number of anilines is 1. The highest BCUT2D eigenvalue weighted by molar-refractivity contribution is 7.92. The summed E-state index contributed by atoms with van der Waals surface area (Å²) < 4.78 is 31.9. The lowest BCUT2D eigenvalue weighted by Crippen LogP contribution is -2.21. The largest absolute Gasteiger partial charge is 0.364 e. The van der Waals surface area contributed by atoms with Crippen LogP contribution < -0.4 is 16.1 Å². The molecule has 1 aromatic carbocycles. The van der Waals surface area contributed by atoms with Gasteiger partial charge in [-0.15, -0.1) is 5.10 Å². The maximum atomic E-state index is 12.7. The number of rotatable bonds is 6. The van der Waals surface area contributed by atoms with Gasteiger partial charge in [-0.25, -0.2) is 17.9 Å². The Kier molecular flexibility index (Phi) is 4.66. The Morgan fingerprint density at radius 3 is 2.67 bits per heavy atom. The van der Waals surface area contributed by atoms with Gasteiger partial charge in [0.1, 0.15) is 10.6 Å². The lowest BCUT2D eigenvalue weighted by atomic mass is 10.2. The van der Waals surface area contributed by atoms with Crippen LogP contribution in [0.5, 0.6) is 0 Å². The number of pyridine rings is 1. The minimum atomic E-state index is -3.93. The Bertz CT molecular complexity index is 1430. The number of nitrogens with two attached hydrogens (primary N) is 1. The number of nitrogens with zero attached hydrogens (tertiary/aromatic N) is 4. The van der Waals surface area contributed by atoms with E-state index in [1.165, 1.54) is 33.0 Å². The molecule has 1 amide bonds. The van der Waals surface area contributed by atoms with Gasteiger partial charge >= 0.3 is 5.69 Å². The zero-order valence-corrected chi connectivity index (χ0v) is 16.7. The van der Waals surface area contributed by atoms with Crippen LogP contribution >= 0.6 is 0 Å². The molecule has 3 N–H and O–H groups in total. The summed E-state index contributed by atoms with van der Waals surface area (Å²) in [4.78, 5) is 23.7. The molecule has 3 heterocycles. The summed E-state index contributed by atoms with van der Waals surface area (Å²) in [6.07, 6.45) is 2.94. The van der Waals surface area contributed by atoms with E-state index in [9.17, 15) is 18.0 Å². The van der Waals surface area contributed by atoms with Gasteiger partial charge in [0.15, 0.2) is 5.65 Å². The van der Waals surface area contributed by atoms with E-state index in [1.54, 1.807) is 48.7 Å². The van der Waals surface area contributed by atoms with Crippen LogP contribution in [0.15, 0.2) is 70.6 Å². The number of benzene rings is 1. The number of aryl methyl sites for hydroxylation is 1. The van der Waals surface area contributed by atoms with Crippen LogP contribution in [0.25, 0.3) is 5.65 Å². The minimum absolute atomic E-state index is 0.0790. The summed E-state index contributed by atoms with van der Waals surface area (Å²) in [6, 6.07) is 13.1. The van der Waals surface area contributed by atoms with Gasteiger partial charge in [-0.1, -0.05) is 18.2 Å². The van der Waals surface area contributed by atoms with E-state index in [2.05, 4.69) is 9.82 Å². The number of primary amides is 1. The fourth-order valence-electron chi connectivity index (χ4n) is 3.12. The van der Waals surface area contributed by atoms with Crippen LogP contribution in [0.2, 0.25) is 0 Å². The minimum Gasteiger partial charge on any atom is -0.364 e. The summed E-state index contributed by atoms with van der Waals surface area (Å²) in [5, 5.41) is 4.27. The molecule has 0 aliphatic rings. The van der Waals surface area contributed by atoms with Crippen LogP contribution in [-0.4, -0.2) is 33.1 Å². The molecule has 0 aliphatic heterocycles. The summed E-state index contributed by atoms with van der Waals surface area (Å²) in [5.41, 5.74) is 6.56. The van der Waals surface area contributed by atoms with Crippen molar-refractivity contribution >= 4 is 27.3 Å². The van der Waals surface area contributed by atoms with Gasteiger partial charge < -0.3 is 10.3 Å². The number of amides is 1. The molecule has 0 saturated carbocycles. The molecule has 11 heteroatoms. The Hall–Kier alpha value is -3.86. The highest BCUT2D eigenvalue weighted by atomic mass is 32.2. The molecule has 0 unspecified atom stereocenters. The molecule has 4 rings (SSSR count). The van der Waals surface area contributed by atoms with E-state index in [0.29, 0.717) is 16.9 Å². The van der Waals surface area contributed by atoms with Crippen molar-refractivity contribution in [3.05, 3.63) is 82.7 Å². The predicted molar refractivity (Wildman–Crippen MR) is 110 cm³/mol. The number of nitrogens with one attached hydrogen (secondary N) is 1. The number of hydrogen-bond donors (Lipinski definition) is 2. The zero-order chi connectivity index (χ0) is 21.5. The number of sulfonamides is 1. The average Bonchev–Trinajstić information content (AvgIpc) is 3.23. The van der Waals surface area contributed by atoms with E-state index in [0.717, 1.165) is 0 Å². The molecule has 0 atom stereocenters. The molecule has 30 heavy (non-hydrogen) atoms. The van der Waals surface area contributed by atoms with Gasteiger partial charge in [0.05, 0.1) is 6.54 Å². The van der Waals surface area contributed by atoms with E-state index in [-0.39, 0.29) is 22.8 Å². The van der Waals surface area contributed by atoms with Crippen molar-refractivity contribution in [2.45, 2.75) is 11.4 Å². The van der Waals surface area contributed by atoms with Crippen LogP contribution in [0, 0.1) is 0 Å². The predicted octanol–water partition coefficient (Wildman–Crippen LogP) is 0.782. The molecule has 0 bridgehead atoms. The molecule has 154 valence electrons. The zero-order valence-electron chi connectivity index (χ0n) is 15.9. The first kappa shape index (κ1) is 19.5.